The molecule has 36 heavy (non-hydrogen) atoms. The first kappa shape index (κ1) is 24.4. The Bertz CT molecular complexity index is 1390. The zero-order valence-electron chi connectivity index (χ0n) is 20.8. The number of likely N-dealkylation sites (N-methyl/N-ethyl adjacent to an activating group) is 1. The number of rotatable bonds is 6. The van der Waals surface area contributed by atoms with Crippen LogP contribution in [0.3, 0.4) is 0 Å². The number of aliphatic hydroxyl groups is 3. The lowest BCUT2D eigenvalue weighted by atomic mass is 9.84. The number of fused-ring (bicyclic) bond motifs is 1. The molecule has 8 heteroatoms. The Morgan fingerprint density at radius 1 is 1.06 bits per heavy atom. The molecule has 3 heterocycles. The summed E-state index contributed by atoms with van der Waals surface area (Å²) in [5, 5.41) is 36.1. The first-order chi connectivity index (χ1) is 17.3. The zero-order chi connectivity index (χ0) is 25.6. The molecule has 0 fully saturated rings. The summed E-state index contributed by atoms with van der Waals surface area (Å²) in [6, 6.07) is 11.1. The lowest BCUT2D eigenvalue weighted by Gasteiger charge is -2.33. The molecule has 0 aliphatic carbocycles. The van der Waals surface area contributed by atoms with Crippen LogP contribution in [0.5, 0.6) is 0 Å². The number of benzene rings is 2. The van der Waals surface area contributed by atoms with Crippen LogP contribution in [0.15, 0.2) is 48.8 Å². The molecule has 0 bridgehead atoms. The summed E-state index contributed by atoms with van der Waals surface area (Å²) in [5.74, 6) is -0.552. The number of anilines is 1. The van der Waals surface area contributed by atoms with Gasteiger partial charge in [0.25, 0.3) is 0 Å². The number of hydrogen-bond acceptors (Lipinski definition) is 5. The molecule has 1 aliphatic heterocycles. The van der Waals surface area contributed by atoms with E-state index in [4.69, 9.17) is 0 Å². The molecule has 0 radical (unpaired) electrons. The maximum atomic E-state index is 13.2. The van der Waals surface area contributed by atoms with E-state index in [-0.39, 0.29) is 25.0 Å². The van der Waals surface area contributed by atoms with Crippen molar-refractivity contribution < 1.29 is 20.1 Å². The predicted molar refractivity (Wildman–Crippen MR) is 141 cm³/mol. The highest BCUT2D eigenvalue weighted by molar-refractivity contribution is 6.00. The lowest BCUT2D eigenvalue weighted by Crippen LogP contribution is -2.52. The Labute approximate surface area is 209 Å². The van der Waals surface area contributed by atoms with Gasteiger partial charge in [-0.15, -0.1) is 0 Å². The average Bonchev–Trinajstić information content (AvgIpc) is 3.48. The third-order valence-electron chi connectivity index (χ3n) is 7.52. The standard InChI is InChI=1S/C28H34N4O4/c1-15(2)27-28(36)31-17(13-33)10-16-11-30-26-19(8-9-22(24(16)26)32(27)3)25(23(35)14-34)20-12-29-21-7-5-4-6-18(20)21/h4-9,11-12,15,17,23,25,27,29-30,33-35H,10,13-14H2,1-3H3,(H,31,36)/t17-,23+,25+,27-/m0/s1. The molecule has 8 nitrogen and oxygen atoms in total. The van der Waals surface area contributed by atoms with Gasteiger partial charge in [0.05, 0.1) is 30.9 Å². The van der Waals surface area contributed by atoms with Crippen LogP contribution < -0.4 is 10.2 Å². The van der Waals surface area contributed by atoms with Crippen LogP contribution in [0.2, 0.25) is 0 Å². The number of para-hydroxylation sites is 1. The number of aromatic nitrogens is 2. The zero-order valence-corrected chi connectivity index (χ0v) is 20.8. The molecule has 4 aromatic rings. The smallest absolute Gasteiger partial charge is 0.243 e. The second-order valence-electron chi connectivity index (χ2n) is 10.1. The number of H-pyrrole nitrogens is 2. The van der Waals surface area contributed by atoms with E-state index in [1.165, 1.54) is 0 Å². The molecule has 1 aliphatic rings. The summed E-state index contributed by atoms with van der Waals surface area (Å²) in [4.78, 5) is 21.9. The van der Waals surface area contributed by atoms with Crippen molar-refractivity contribution in [1.29, 1.82) is 0 Å². The first-order valence-corrected chi connectivity index (χ1v) is 12.5. The monoisotopic (exact) mass is 490 g/mol. The molecule has 2 aromatic carbocycles. The fraction of sp³-hybridized carbons (Fsp3) is 0.393. The van der Waals surface area contributed by atoms with E-state index in [2.05, 4.69) is 15.3 Å². The maximum absolute atomic E-state index is 13.2. The second kappa shape index (κ2) is 9.61. The number of nitrogens with one attached hydrogen (secondary N) is 3. The fourth-order valence-corrected chi connectivity index (χ4v) is 5.86. The highest BCUT2D eigenvalue weighted by atomic mass is 16.3. The SMILES string of the molecule is CC(C)[C@H]1C(=O)N[C@H](CO)Cc2c[nH]c3c([C@H](c4c[nH]c5ccccc45)[C@H](O)CO)ccc(c23)N1C. The minimum absolute atomic E-state index is 0.0414. The van der Waals surface area contributed by atoms with E-state index >= 15 is 0 Å². The van der Waals surface area contributed by atoms with Gasteiger partial charge in [0, 0.05) is 47.3 Å². The Kier molecular flexibility index (Phi) is 6.51. The Morgan fingerprint density at radius 3 is 2.56 bits per heavy atom. The predicted octanol–water partition coefficient (Wildman–Crippen LogP) is 2.63. The van der Waals surface area contributed by atoms with Crippen LogP contribution in [-0.2, 0) is 11.2 Å². The number of hydrogen-bond donors (Lipinski definition) is 6. The van der Waals surface area contributed by atoms with Crippen molar-refractivity contribution in [3.63, 3.8) is 0 Å². The van der Waals surface area contributed by atoms with Crippen molar-refractivity contribution in [2.24, 2.45) is 5.92 Å². The van der Waals surface area contributed by atoms with Crippen LogP contribution in [0.25, 0.3) is 21.8 Å². The van der Waals surface area contributed by atoms with Gasteiger partial charge in [-0.3, -0.25) is 4.79 Å². The minimum atomic E-state index is -1.02. The molecule has 4 atom stereocenters. The van der Waals surface area contributed by atoms with E-state index in [1.54, 1.807) is 0 Å². The molecule has 5 rings (SSSR count). The largest absolute Gasteiger partial charge is 0.394 e. The van der Waals surface area contributed by atoms with Crippen molar-refractivity contribution in [3.8, 4) is 0 Å². The first-order valence-electron chi connectivity index (χ1n) is 12.5. The molecular formula is C28H34N4O4. The summed E-state index contributed by atoms with van der Waals surface area (Å²) in [6.45, 7) is 3.48. The van der Waals surface area contributed by atoms with E-state index in [1.807, 2.05) is 74.6 Å². The average molecular weight is 491 g/mol. The molecule has 0 spiro atoms. The van der Waals surface area contributed by atoms with Crippen LogP contribution >= 0.6 is 0 Å². The summed E-state index contributed by atoms with van der Waals surface area (Å²) >= 11 is 0. The summed E-state index contributed by atoms with van der Waals surface area (Å²) in [5.41, 5.74) is 5.47. The van der Waals surface area contributed by atoms with E-state index in [0.29, 0.717) is 6.42 Å². The topological polar surface area (TPSA) is 125 Å². The maximum Gasteiger partial charge on any atom is 0.243 e. The van der Waals surface area contributed by atoms with Crippen molar-refractivity contribution in [1.82, 2.24) is 15.3 Å². The quantitative estimate of drug-likeness (QED) is 0.248. The van der Waals surface area contributed by atoms with Gasteiger partial charge < -0.3 is 35.5 Å². The molecular weight excluding hydrogens is 456 g/mol. The van der Waals surface area contributed by atoms with Gasteiger partial charge in [0.2, 0.25) is 5.91 Å². The van der Waals surface area contributed by atoms with Gasteiger partial charge in [0.15, 0.2) is 0 Å². The highest BCUT2D eigenvalue weighted by Gasteiger charge is 2.34. The van der Waals surface area contributed by atoms with Gasteiger partial charge >= 0.3 is 0 Å². The molecule has 0 unspecified atom stereocenters. The van der Waals surface area contributed by atoms with Gasteiger partial charge in [-0.25, -0.2) is 0 Å². The molecule has 1 amide bonds. The highest BCUT2D eigenvalue weighted by Crippen LogP contribution is 2.41. The molecule has 6 N–H and O–H groups in total. The van der Waals surface area contributed by atoms with Crippen molar-refractivity contribution in [2.45, 2.75) is 44.4 Å². The van der Waals surface area contributed by atoms with Crippen molar-refractivity contribution >= 4 is 33.4 Å². The Balaban J connectivity index is 1.74. The summed E-state index contributed by atoms with van der Waals surface area (Å²) in [6.07, 6.45) is 3.28. The van der Waals surface area contributed by atoms with E-state index in [0.717, 1.165) is 44.2 Å². The number of aliphatic hydroxyl groups excluding tert-OH is 3. The van der Waals surface area contributed by atoms with Crippen LogP contribution in [-0.4, -0.2) is 69.6 Å². The Hall–Kier alpha value is -3.33. The number of amides is 1. The number of carbonyl (C=O) groups is 1. The third kappa shape index (κ3) is 3.95. The molecule has 0 saturated carbocycles. The summed E-state index contributed by atoms with van der Waals surface area (Å²) in [7, 11) is 1.93. The molecule has 2 aromatic heterocycles. The van der Waals surface area contributed by atoms with Gasteiger partial charge in [-0.05, 0) is 41.2 Å². The van der Waals surface area contributed by atoms with E-state index in [9.17, 15) is 20.1 Å². The normalized spacial score (nSPS) is 20.3. The van der Waals surface area contributed by atoms with E-state index < -0.39 is 24.1 Å². The van der Waals surface area contributed by atoms with Crippen molar-refractivity contribution in [2.75, 3.05) is 25.2 Å². The van der Waals surface area contributed by atoms with Crippen LogP contribution in [0.4, 0.5) is 5.69 Å². The van der Waals surface area contributed by atoms with Gasteiger partial charge in [0.1, 0.15) is 6.04 Å². The van der Waals surface area contributed by atoms with Gasteiger partial charge in [-0.1, -0.05) is 38.1 Å². The Morgan fingerprint density at radius 2 is 1.83 bits per heavy atom. The summed E-state index contributed by atoms with van der Waals surface area (Å²) < 4.78 is 0. The van der Waals surface area contributed by atoms with Crippen LogP contribution in [0.1, 0.15) is 36.5 Å². The fourth-order valence-electron chi connectivity index (χ4n) is 5.86. The van der Waals surface area contributed by atoms with Crippen LogP contribution in [0, 0.1) is 5.92 Å². The van der Waals surface area contributed by atoms with Gasteiger partial charge in [-0.2, -0.15) is 0 Å². The minimum Gasteiger partial charge on any atom is -0.394 e. The van der Waals surface area contributed by atoms with Crippen molar-refractivity contribution in [3.05, 3.63) is 65.5 Å². The number of aromatic amines is 2. The number of nitrogens with zero attached hydrogens (tertiary/aromatic N) is 1. The molecule has 0 saturated heterocycles. The lowest BCUT2D eigenvalue weighted by molar-refractivity contribution is -0.124. The molecule has 190 valence electrons. The number of carbonyl (C=O) groups excluding carboxylic acids is 1. The second-order valence-corrected chi connectivity index (χ2v) is 10.1. The third-order valence-corrected chi connectivity index (χ3v) is 7.52.